The van der Waals surface area contributed by atoms with Crippen molar-refractivity contribution in [3.05, 3.63) is 57.8 Å². The van der Waals surface area contributed by atoms with Gasteiger partial charge in [0.15, 0.2) is 5.82 Å². The summed E-state index contributed by atoms with van der Waals surface area (Å²) in [5, 5.41) is 30.7. The molecule has 6 nitrogen and oxygen atoms in total. The maximum atomic E-state index is 9.78. The van der Waals surface area contributed by atoms with Crippen LogP contribution in [0.25, 0.3) is 11.4 Å². The first kappa shape index (κ1) is 15.3. The fourth-order valence-electron chi connectivity index (χ4n) is 1.97. The number of rotatable bonds is 3. The Morgan fingerprint density at radius 2 is 2.04 bits per heavy atom. The van der Waals surface area contributed by atoms with Crippen LogP contribution in [0, 0.1) is 4.77 Å². The predicted octanol–water partition coefficient (Wildman–Crippen LogP) is 3.55. The Kier molecular flexibility index (Phi) is 4.14. The van der Waals surface area contributed by atoms with Gasteiger partial charge in [0.2, 0.25) is 4.77 Å². The van der Waals surface area contributed by atoms with E-state index >= 15 is 0 Å². The monoisotopic (exact) mass is 346 g/mol. The van der Waals surface area contributed by atoms with E-state index in [0.29, 0.717) is 21.2 Å². The van der Waals surface area contributed by atoms with Crippen molar-refractivity contribution in [3.8, 4) is 22.9 Å². The van der Waals surface area contributed by atoms with Crippen molar-refractivity contribution in [2.24, 2.45) is 5.10 Å². The zero-order valence-electron chi connectivity index (χ0n) is 11.6. The van der Waals surface area contributed by atoms with Crippen LogP contribution >= 0.6 is 23.8 Å². The van der Waals surface area contributed by atoms with Crippen molar-refractivity contribution in [2.45, 2.75) is 0 Å². The summed E-state index contributed by atoms with van der Waals surface area (Å²) in [5.41, 5.74) is 1.18. The molecule has 116 valence electrons. The second-order valence-corrected chi connectivity index (χ2v) is 5.49. The number of halogens is 1. The van der Waals surface area contributed by atoms with Gasteiger partial charge in [0.1, 0.15) is 11.5 Å². The van der Waals surface area contributed by atoms with Gasteiger partial charge in [-0.25, -0.2) is 5.10 Å². The van der Waals surface area contributed by atoms with Crippen molar-refractivity contribution in [2.75, 3.05) is 0 Å². The van der Waals surface area contributed by atoms with E-state index in [1.54, 1.807) is 18.2 Å². The van der Waals surface area contributed by atoms with Gasteiger partial charge in [0.25, 0.3) is 0 Å². The molecule has 0 amide bonds. The minimum Gasteiger partial charge on any atom is -0.508 e. The summed E-state index contributed by atoms with van der Waals surface area (Å²) in [6.07, 6.45) is 1.42. The summed E-state index contributed by atoms with van der Waals surface area (Å²) in [4.78, 5) is 0. The first-order chi connectivity index (χ1) is 11.0. The lowest BCUT2D eigenvalue weighted by Crippen LogP contribution is -1.95. The van der Waals surface area contributed by atoms with Gasteiger partial charge in [-0.15, -0.1) is 0 Å². The van der Waals surface area contributed by atoms with Gasteiger partial charge in [-0.05, 0) is 36.5 Å². The Morgan fingerprint density at radius 3 is 2.78 bits per heavy atom. The van der Waals surface area contributed by atoms with E-state index in [0.717, 1.165) is 5.56 Å². The number of aromatic hydroxyl groups is 2. The lowest BCUT2D eigenvalue weighted by Gasteiger charge is -2.02. The predicted molar refractivity (Wildman–Crippen MR) is 90.6 cm³/mol. The molecule has 0 bridgehead atoms. The normalized spacial score (nSPS) is 11.2. The third kappa shape index (κ3) is 3.25. The van der Waals surface area contributed by atoms with Crippen molar-refractivity contribution in [3.63, 3.8) is 0 Å². The van der Waals surface area contributed by atoms with Crippen LogP contribution in [0.4, 0.5) is 0 Å². The van der Waals surface area contributed by atoms with Crippen LogP contribution < -0.4 is 0 Å². The first-order valence-corrected chi connectivity index (χ1v) is 7.33. The Labute approximate surface area is 141 Å². The van der Waals surface area contributed by atoms with Gasteiger partial charge >= 0.3 is 0 Å². The highest BCUT2D eigenvalue weighted by Crippen LogP contribution is 2.23. The highest BCUT2D eigenvalue weighted by atomic mass is 35.5. The van der Waals surface area contributed by atoms with Crippen LogP contribution in [-0.2, 0) is 0 Å². The number of nitrogens with zero attached hydrogens (tertiary/aromatic N) is 3. The fourth-order valence-corrected chi connectivity index (χ4v) is 2.34. The zero-order valence-corrected chi connectivity index (χ0v) is 13.2. The Morgan fingerprint density at radius 1 is 1.22 bits per heavy atom. The summed E-state index contributed by atoms with van der Waals surface area (Å²) in [6.45, 7) is 0. The molecule has 0 aliphatic carbocycles. The summed E-state index contributed by atoms with van der Waals surface area (Å²) >= 11 is 11.2. The maximum absolute atomic E-state index is 9.78. The van der Waals surface area contributed by atoms with Crippen LogP contribution in [0.2, 0.25) is 5.02 Å². The number of hydrogen-bond acceptors (Lipinski definition) is 5. The van der Waals surface area contributed by atoms with Gasteiger partial charge in [0.05, 0.1) is 6.21 Å². The van der Waals surface area contributed by atoms with E-state index in [1.807, 2.05) is 6.07 Å². The van der Waals surface area contributed by atoms with Crippen molar-refractivity contribution in [1.82, 2.24) is 14.9 Å². The van der Waals surface area contributed by atoms with Crippen LogP contribution in [0.15, 0.2) is 47.6 Å². The van der Waals surface area contributed by atoms with E-state index < -0.39 is 0 Å². The molecular formula is C15H11ClN4O2S. The fraction of sp³-hybridized carbons (Fsp3) is 0. The first-order valence-electron chi connectivity index (χ1n) is 6.54. The molecule has 0 unspecified atom stereocenters. The van der Waals surface area contributed by atoms with Crippen molar-refractivity contribution in [1.29, 1.82) is 0 Å². The number of phenols is 2. The number of aromatic amines is 1. The lowest BCUT2D eigenvalue weighted by molar-refractivity contribution is 0.450. The molecule has 23 heavy (non-hydrogen) atoms. The van der Waals surface area contributed by atoms with Gasteiger partial charge in [-0.1, -0.05) is 23.7 Å². The Bertz CT molecular complexity index is 949. The second kappa shape index (κ2) is 6.23. The quantitative estimate of drug-likeness (QED) is 0.500. The van der Waals surface area contributed by atoms with Gasteiger partial charge in [-0.3, -0.25) is 0 Å². The Hall–Kier alpha value is -2.64. The summed E-state index contributed by atoms with van der Waals surface area (Å²) < 4.78 is 1.72. The molecule has 1 aromatic heterocycles. The number of aromatic nitrogens is 3. The molecule has 3 rings (SSSR count). The molecule has 0 radical (unpaired) electrons. The molecular weight excluding hydrogens is 336 g/mol. The molecule has 0 saturated carbocycles. The summed E-state index contributed by atoms with van der Waals surface area (Å²) in [6, 6.07) is 11.4. The third-order valence-electron chi connectivity index (χ3n) is 3.06. The molecule has 0 fully saturated rings. The molecule has 0 aliphatic rings. The standard InChI is InChI=1S/C15H11ClN4O2S/c16-11-3-1-2-9(6-11)14-18-19-15(23)20(14)17-8-10-4-5-12(21)7-13(10)22/h1-8,21-22H,(H,19,23). The molecule has 0 saturated heterocycles. The molecule has 0 atom stereocenters. The van der Waals surface area contributed by atoms with Crippen LogP contribution in [-0.4, -0.2) is 31.3 Å². The summed E-state index contributed by atoms with van der Waals surface area (Å²) in [7, 11) is 0. The van der Waals surface area contributed by atoms with Gasteiger partial charge in [0, 0.05) is 22.2 Å². The minimum atomic E-state index is -0.0898. The second-order valence-electron chi connectivity index (χ2n) is 4.66. The highest BCUT2D eigenvalue weighted by Gasteiger charge is 2.08. The molecule has 2 aromatic carbocycles. The largest absolute Gasteiger partial charge is 0.508 e. The number of nitrogens with one attached hydrogen (secondary N) is 1. The average molecular weight is 347 g/mol. The number of phenolic OH excluding ortho intramolecular Hbond substituents is 2. The third-order valence-corrected chi connectivity index (χ3v) is 3.56. The van der Waals surface area contributed by atoms with Crippen molar-refractivity contribution >= 4 is 30.0 Å². The maximum Gasteiger partial charge on any atom is 0.216 e. The lowest BCUT2D eigenvalue weighted by atomic mass is 10.2. The molecule has 3 aromatic rings. The van der Waals surface area contributed by atoms with E-state index in [4.69, 9.17) is 23.8 Å². The van der Waals surface area contributed by atoms with Crippen LogP contribution in [0.3, 0.4) is 0 Å². The smallest absolute Gasteiger partial charge is 0.216 e. The highest BCUT2D eigenvalue weighted by molar-refractivity contribution is 7.71. The molecule has 0 spiro atoms. The SMILES string of the molecule is Oc1ccc(C=Nn2c(-c3cccc(Cl)c3)n[nH]c2=S)c(O)c1. The summed E-state index contributed by atoms with van der Waals surface area (Å²) in [5.74, 6) is 0.374. The van der Waals surface area contributed by atoms with E-state index in [1.165, 1.54) is 29.1 Å². The molecule has 0 aliphatic heterocycles. The molecule has 3 N–H and O–H groups in total. The van der Waals surface area contributed by atoms with E-state index in [2.05, 4.69) is 15.3 Å². The van der Waals surface area contributed by atoms with Crippen LogP contribution in [0.5, 0.6) is 11.5 Å². The van der Waals surface area contributed by atoms with E-state index in [-0.39, 0.29) is 11.5 Å². The number of benzene rings is 2. The van der Waals surface area contributed by atoms with Crippen LogP contribution in [0.1, 0.15) is 5.56 Å². The minimum absolute atomic E-state index is 0.0285. The zero-order chi connectivity index (χ0) is 16.4. The topological polar surface area (TPSA) is 86.4 Å². The average Bonchev–Trinajstić information content (AvgIpc) is 2.87. The Balaban J connectivity index is 2.02. The molecule has 1 heterocycles. The number of hydrogen-bond donors (Lipinski definition) is 3. The van der Waals surface area contributed by atoms with E-state index in [9.17, 15) is 10.2 Å². The van der Waals surface area contributed by atoms with Gasteiger partial charge in [-0.2, -0.15) is 14.9 Å². The van der Waals surface area contributed by atoms with Crippen molar-refractivity contribution < 1.29 is 10.2 Å². The molecule has 8 heteroatoms. The van der Waals surface area contributed by atoms with Gasteiger partial charge < -0.3 is 10.2 Å². The number of H-pyrrole nitrogens is 1.